The normalized spacial score (nSPS) is 19.4. The maximum absolute atomic E-state index is 11.9. The van der Waals surface area contributed by atoms with Crippen LogP contribution in [0.25, 0.3) is 0 Å². The monoisotopic (exact) mass is 291 g/mol. The first kappa shape index (κ1) is 16.4. The summed E-state index contributed by atoms with van der Waals surface area (Å²) in [6.07, 6.45) is 2.10. The maximum Gasteiger partial charge on any atom is 0.234 e. The first-order chi connectivity index (χ1) is 8.64. The van der Waals surface area contributed by atoms with Gasteiger partial charge in [0, 0.05) is 31.7 Å². The molecule has 1 aliphatic heterocycles. The second-order valence-electron chi connectivity index (χ2n) is 5.72. The number of rotatable bonds is 5. The van der Waals surface area contributed by atoms with Crippen molar-refractivity contribution in [3.05, 3.63) is 0 Å². The molecule has 0 aromatic heterocycles. The van der Waals surface area contributed by atoms with Gasteiger partial charge in [-0.25, -0.2) is 8.42 Å². The predicted octanol–water partition coefficient (Wildman–Crippen LogP) is -0.132. The van der Waals surface area contributed by atoms with E-state index in [2.05, 4.69) is 5.32 Å². The van der Waals surface area contributed by atoms with Gasteiger partial charge in [0.15, 0.2) is 0 Å². The molecule has 7 heteroatoms. The summed E-state index contributed by atoms with van der Waals surface area (Å²) in [5, 5.41) is 2.98. The van der Waals surface area contributed by atoms with Crippen LogP contribution in [0.5, 0.6) is 0 Å². The summed E-state index contributed by atoms with van der Waals surface area (Å²) in [4.78, 5) is 13.9. The molecule has 0 unspecified atom stereocenters. The van der Waals surface area contributed by atoms with Crippen LogP contribution in [0.15, 0.2) is 0 Å². The number of hydrogen-bond donors (Lipinski definition) is 1. The molecule has 0 aromatic rings. The Bertz CT molecular complexity index is 412. The number of amides is 1. The lowest BCUT2D eigenvalue weighted by Gasteiger charge is -2.33. The van der Waals surface area contributed by atoms with E-state index in [4.69, 9.17) is 0 Å². The van der Waals surface area contributed by atoms with Crippen molar-refractivity contribution < 1.29 is 13.2 Å². The molecular weight excluding hydrogens is 266 g/mol. The molecular formula is C12H25N3O3S. The molecule has 1 aliphatic rings. The molecule has 0 spiro atoms. The number of piperazine rings is 1. The van der Waals surface area contributed by atoms with Gasteiger partial charge in [0.05, 0.1) is 12.8 Å². The van der Waals surface area contributed by atoms with E-state index in [-0.39, 0.29) is 11.4 Å². The molecule has 1 saturated heterocycles. The molecule has 0 aliphatic carbocycles. The molecule has 1 heterocycles. The lowest BCUT2D eigenvalue weighted by molar-refractivity contribution is -0.124. The Morgan fingerprint density at radius 3 is 2.16 bits per heavy atom. The first-order valence-corrected chi connectivity index (χ1v) is 8.47. The molecule has 0 radical (unpaired) electrons. The van der Waals surface area contributed by atoms with Crippen LogP contribution in [-0.4, -0.2) is 68.0 Å². The molecule has 0 atom stereocenters. The predicted molar refractivity (Wildman–Crippen MR) is 75.4 cm³/mol. The Balaban J connectivity index is 2.39. The van der Waals surface area contributed by atoms with Gasteiger partial charge in [-0.05, 0) is 20.3 Å². The average molecular weight is 291 g/mol. The van der Waals surface area contributed by atoms with Crippen molar-refractivity contribution in [3.8, 4) is 0 Å². The second-order valence-corrected chi connectivity index (χ2v) is 7.71. The third-order valence-corrected chi connectivity index (χ3v) is 4.83. The zero-order valence-electron chi connectivity index (χ0n) is 12.3. The summed E-state index contributed by atoms with van der Waals surface area (Å²) >= 11 is 0. The van der Waals surface area contributed by atoms with Gasteiger partial charge in [0.25, 0.3) is 0 Å². The fraction of sp³-hybridized carbons (Fsp3) is 0.917. The first-order valence-electron chi connectivity index (χ1n) is 6.62. The SMILES string of the molecule is CCC(C)(C)NC(=O)CN1CCN(S(C)(=O)=O)CC1. The van der Waals surface area contributed by atoms with Crippen molar-refractivity contribution in [2.45, 2.75) is 32.7 Å². The molecule has 1 fully saturated rings. The maximum atomic E-state index is 11.9. The highest BCUT2D eigenvalue weighted by atomic mass is 32.2. The van der Waals surface area contributed by atoms with Gasteiger partial charge in [-0.2, -0.15) is 4.31 Å². The van der Waals surface area contributed by atoms with E-state index in [0.29, 0.717) is 32.7 Å². The van der Waals surface area contributed by atoms with Crippen LogP contribution in [0.2, 0.25) is 0 Å². The molecule has 0 aromatic carbocycles. The van der Waals surface area contributed by atoms with Crippen molar-refractivity contribution in [3.63, 3.8) is 0 Å². The van der Waals surface area contributed by atoms with Gasteiger partial charge in [0.1, 0.15) is 0 Å². The highest BCUT2D eigenvalue weighted by Gasteiger charge is 2.25. The topological polar surface area (TPSA) is 69.7 Å². The van der Waals surface area contributed by atoms with Crippen LogP contribution in [0, 0.1) is 0 Å². The van der Waals surface area contributed by atoms with Gasteiger partial charge in [-0.3, -0.25) is 9.69 Å². The number of hydrogen-bond acceptors (Lipinski definition) is 4. The lowest BCUT2D eigenvalue weighted by Crippen LogP contribution is -2.53. The van der Waals surface area contributed by atoms with E-state index in [1.165, 1.54) is 10.6 Å². The summed E-state index contributed by atoms with van der Waals surface area (Å²) in [6, 6.07) is 0. The van der Waals surface area contributed by atoms with E-state index in [1.54, 1.807) is 0 Å². The summed E-state index contributed by atoms with van der Waals surface area (Å²) in [6.45, 7) is 8.48. The zero-order chi connectivity index (χ0) is 14.7. The quantitative estimate of drug-likeness (QED) is 0.766. The zero-order valence-corrected chi connectivity index (χ0v) is 13.1. The Morgan fingerprint density at radius 1 is 1.21 bits per heavy atom. The molecule has 1 N–H and O–H groups in total. The van der Waals surface area contributed by atoms with Crippen LogP contribution in [-0.2, 0) is 14.8 Å². The number of sulfonamides is 1. The van der Waals surface area contributed by atoms with Crippen LogP contribution in [0.3, 0.4) is 0 Å². The molecule has 1 amide bonds. The van der Waals surface area contributed by atoms with Crippen LogP contribution in [0.1, 0.15) is 27.2 Å². The lowest BCUT2D eigenvalue weighted by atomic mass is 10.0. The van der Waals surface area contributed by atoms with E-state index in [1.807, 2.05) is 25.7 Å². The van der Waals surface area contributed by atoms with Gasteiger partial charge in [0.2, 0.25) is 15.9 Å². The van der Waals surface area contributed by atoms with Gasteiger partial charge in [-0.1, -0.05) is 6.92 Å². The third-order valence-electron chi connectivity index (χ3n) is 3.53. The minimum Gasteiger partial charge on any atom is -0.350 e. The van der Waals surface area contributed by atoms with Gasteiger partial charge < -0.3 is 5.32 Å². The summed E-state index contributed by atoms with van der Waals surface area (Å²) in [7, 11) is -3.10. The average Bonchev–Trinajstić information content (AvgIpc) is 2.27. The smallest absolute Gasteiger partial charge is 0.234 e. The molecule has 112 valence electrons. The van der Waals surface area contributed by atoms with Gasteiger partial charge >= 0.3 is 0 Å². The van der Waals surface area contributed by atoms with Crippen LogP contribution >= 0.6 is 0 Å². The highest BCUT2D eigenvalue weighted by molar-refractivity contribution is 7.88. The van der Waals surface area contributed by atoms with E-state index < -0.39 is 10.0 Å². The minimum absolute atomic E-state index is 0.000319. The van der Waals surface area contributed by atoms with Crippen molar-refractivity contribution in [1.29, 1.82) is 0 Å². The Hall–Kier alpha value is -0.660. The van der Waals surface area contributed by atoms with E-state index in [9.17, 15) is 13.2 Å². The second kappa shape index (κ2) is 6.19. The Morgan fingerprint density at radius 2 is 1.74 bits per heavy atom. The summed E-state index contributed by atoms with van der Waals surface area (Å²) in [5.74, 6) is -0.000319. The molecule has 1 rings (SSSR count). The standard InChI is InChI=1S/C12H25N3O3S/c1-5-12(2,3)13-11(16)10-14-6-8-15(9-7-14)19(4,17)18/h5-10H2,1-4H3,(H,13,16). The van der Waals surface area contributed by atoms with Crippen LogP contribution < -0.4 is 5.32 Å². The summed E-state index contributed by atoms with van der Waals surface area (Å²) < 4.78 is 24.2. The molecule has 19 heavy (non-hydrogen) atoms. The Kier molecular flexibility index (Phi) is 5.34. The van der Waals surface area contributed by atoms with Crippen molar-refractivity contribution in [2.24, 2.45) is 0 Å². The molecule has 0 saturated carbocycles. The minimum atomic E-state index is -3.10. The van der Waals surface area contributed by atoms with E-state index in [0.717, 1.165) is 6.42 Å². The summed E-state index contributed by atoms with van der Waals surface area (Å²) in [5.41, 5.74) is -0.189. The Labute approximate surface area is 116 Å². The molecule has 6 nitrogen and oxygen atoms in total. The van der Waals surface area contributed by atoms with Crippen molar-refractivity contribution >= 4 is 15.9 Å². The number of carbonyl (C=O) groups is 1. The van der Waals surface area contributed by atoms with Gasteiger partial charge in [-0.15, -0.1) is 0 Å². The number of carbonyl (C=O) groups excluding carboxylic acids is 1. The van der Waals surface area contributed by atoms with E-state index >= 15 is 0 Å². The fourth-order valence-corrected chi connectivity index (χ4v) is 2.75. The third kappa shape index (κ3) is 5.46. The van der Waals surface area contributed by atoms with Crippen LogP contribution in [0.4, 0.5) is 0 Å². The fourth-order valence-electron chi connectivity index (χ4n) is 1.93. The number of nitrogens with zero attached hydrogens (tertiary/aromatic N) is 2. The highest BCUT2D eigenvalue weighted by Crippen LogP contribution is 2.08. The van der Waals surface area contributed by atoms with Crippen molar-refractivity contribution in [1.82, 2.24) is 14.5 Å². The number of nitrogens with one attached hydrogen (secondary N) is 1. The van der Waals surface area contributed by atoms with Crippen molar-refractivity contribution in [2.75, 3.05) is 39.0 Å². The molecule has 0 bridgehead atoms. The largest absolute Gasteiger partial charge is 0.350 e.